The molecule has 3 aromatic rings. The third kappa shape index (κ3) is 5.54. The standard InChI is InChI=1S/C33H34F3N5O2/c1-43-30-5-3-2-4-26(30)27-8-6-25(20-38-27)32(31(42)39-28-21-40-14-10-22(28)11-15-40)12-16-41(17-13-32)29-9-7-24(33(34,35)36)18-23(29)19-37/h2-9,18,20,22,28H,10-17,21H2,1H3,(H,39,42)/t28-/m1/s1. The average molecular weight is 590 g/mol. The number of ether oxygens (including phenoxy) is 1. The number of halogens is 3. The van der Waals surface area contributed by atoms with Crippen LogP contribution >= 0.6 is 0 Å². The van der Waals surface area contributed by atoms with Gasteiger partial charge in [0.1, 0.15) is 11.8 Å². The Morgan fingerprint density at radius 1 is 1.07 bits per heavy atom. The highest BCUT2D eigenvalue weighted by atomic mass is 19.4. The van der Waals surface area contributed by atoms with Crippen molar-refractivity contribution in [3.8, 4) is 23.1 Å². The van der Waals surface area contributed by atoms with Gasteiger partial charge >= 0.3 is 6.18 Å². The first kappa shape index (κ1) is 29.0. The van der Waals surface area contributed by atoms with Gasteiger partial charge in [0.2, 0.25) is 5.91 Å². The van der Waals surface area contributed by atoms with E-state index in [9.17, 15) is 23.2 Å². The first-order chi connectivity index (χ1) is 20.7. The number of para-hydroxylation sites is 1. The number of benzene rings is 2. The second-order valence-corrected chi connectivity index (χ2v) is 11.8. The smallest absolute Gasteiger partial charge is 0.416 e. The minimum absolute atomic E-state index is 0.0260. The predicted molar refractivity (Wildman–Crippen MR) is 157 cm³/mol. The molecule has 4 fully saturated rings. The van der Waals surface area contributed by atoms with E-state index in [1.165, 1.54) is 6.07 Å². The second-order valence-electron chi connectivity index (χ2n) is 11.8. The maximum absolute atomic E-state index is 14.3. The van der Waals surface area contributed by atoms with Crippen LogP contribution < -0.4 is 15.0 Å². The van der Waals surface area contributed by atoms with Crippen molar-refractivity contribution in [2.75, 3.05) is 44.7 Å². The van der Waals surface area contributed by atoms with Crippen molar-refractivity contribution in [3.63, 3.8) is 0 Å². The predicted octanol–water partition coefficient (Wildman–Crippen LogP) is 5.40. The van der Waals surface area contributed by atoms with Crippen LogP contribution in [0, 0.1) is 17.2 Å². The van der Waals surface area contributed by atoms with Gasteiger partial charge in [-0.1, -0.05) is 18.2 Å². The molecule has 0 unspecified atom stereocenters. The molecule has 224 valence electrons. The lowest BCUT2D eigenvalue weighted by atomic mass is 9.71. The van der Waals surface area contributed by atoms with E-state index >= 15 is 0 Å². The first-order valence-electron chi connectivity index (χ1n) is 14.7. The van der Waals surface area contributed by atoms with E-state index in [2.05, 4.69) is 10.2 Å². The third-order valence-corrected chi connectivity index (χ3v) is 9.51. The fraction of sp³-hybridized carbons (Fsp3) is 0.424. The molecule has 5 heterocycles. The normalized spacial score (nSPS) is 23.0. The van der Waals surface area contributed by atoms with Gasteiger partial charge in [-0.3, -0.25) is 9.78 Å². The molecule has 1 amide bonds. The molecule has 7 nitrogen and oxygen atoms in total. The number of hydrogen-bond acceptors (Lipinski definition) is 6. The number of carbonyl (C=O) groups excluding carboxylic acids is 1. The van der Waals surface area contributed by atoms with E-state index in [0.717, 1.165) is 61.4 Å². The van der Waals surface area contributed by atoms with Crippen molar-refractivity contribution < 1.29 is 22.7 Å². The molecule has 4 aliphatic heterocycles. The van der Waals surface area contributed by atoms with E-state index in [0.29, 0.717) is 43.3 Å². The zero-order valence-corrected chi connectivity index (χ0v) is 24.0. The molecule has 0 saturated carbocycles. The van der Waals surface area contributed by atoms with E-state index < -0.39 is 17.2 Å². The number of carbonyl (C=O) groups is 1. The van der Waals surface area contributed by atoms with Gasteiger partial charge in [0.05, 0.1) is 35.0 Å². The number of hydrogen-bond donors (Lipinski definition) is 1. The van der Waals surface area contributed by atoms with E-state index in [1.54, 1.807) is 13.3 Å². The Bertz CT molecular complexity index is 1520. The summed E-state index contributed by atoms with van der Waals surface area (Å²) < 4.78 is 45.4. The molecule has 2 bridgehead atoms. The Morgan fingerprint density at radius 3 is 2.42 bits per heavy atom. The van der Waals surface area contributed by atoms with Crippen LogP contribution in [0.5, 0.6) is 5.75 Å². The van der Waals surface area contributed by atoms with E-state index in [1.807, 2.05) is 47.4 Å². The van der Waals surface area contributed by atoms with Gasteiger partial charge < -0.3 is 19.9 Å². The lowest BCUT2D eigenvalue weighted by molar-refractivity contribution is -0.137. The number of piperidine rings is 4. The molecule has 43 heavy (non-hydrogen) atoms. The van der Waals surface area contributed by atoms with Crippen LogP contribution in [0.15, 0.2) is 60.8 Å². The molecular formula is C33H34F3N5O2. The summed E-state index contributed by atoms with van der Waals surface area (Å²) in [6, 6.07) is 16.8. The highest BCUT2D eigenvalue weighted by Crippen LogP contribution is 2.41. The number of anilines is 1. The zero-order chi connectivity index (χ0) is 30.2. The number of nitrogens with zero attached hydrogens (tertiary/aromatic N) is 4. The fourth-order valence-electron chi connectivity index (χ4n) is 6.98. The van der Waals surface area contributed by atoms with Gasteiger partial charge in [0.15, 0.2) is 0 Å². The van der Waals surface area contributed by atoms with Crippen LogP contribution in [0.25, 0.3) is 11.3 Å². The van der Waals surface area contributed by atoms with Crippen LogP contribution in [0.1, 0.15) is 42.4 Å². The van der Waals surface area contributed by atoms with Gasteiger partial charge in [-0.05, 0) is 86.7 Å². The number of aromatic nitrogens is 1. The molecule has 4 aliphatic rings. The van der Waals surface area contributed by atoms with Crippen LogP contribution in [-0.2, 0) is 16.4 Å². The number of nitriles is 1. The van der Waals surface area contributed by atoms with Crippen molar-refractivity contribution in [3.05, 3.63) is 77.5 Å². The Hall–Kier alpha value is -4.10. The molecule has 1 atom stereocenters. The van der Waals surface area contributed by atoms with Gasteiger partial charge in [-0.15, -0.1) is 0 Å². The summed E-state index contributed by atoms with van der Waals surface area (Å²) in [6.45, 7) is 3.80. The highest BCUT2D eigenvalue weighted by Gasteiger charge is 2.46. The SMILES string of the molecule is COc1ccccc1-c1ccc(C2(C(=O)N[C@@H]3CN4CCC3CC4)CCN(c3ccc(C(F)(F)F)cc3C#N)CC2)cn1. The molecule has 1 N–H and O–H groups in total. The summed E-state index contributed by atoms with van der Waals surface area (Å²) in [5.74, 6) is 1.13. The number of alkyl halides is 3. The van der Waals surface area contributed by atoms with Gasteiger partial charge in [-0.25, -0.2) is 0 Å². The number of fused-ring (bicyclic) bond motifs is 3. The van der Waals surface area contributed by atoms with Crippen LogP contribution in [0.4, 0.5) is 18.9 Å². The van der Waals surface area contributed by atoms with Crippen molar-refractivity contribution in [1.82, 2.24) is 15.2 Å². The number of methoxy groups -OCH3 is 1. The Morgan fingerprint density at radius 2 is 1.81 bits per heavy atom. The van der Waals surface area contributed by atoms with Crippen LogP contribution in [-0.4, -0.2) is 61.7 Å². The van der Waals surface area contributed by atoms with Crippen LogP contribution in [0.3, 0.4) is 0 Å². The fourth-order valence-corrected chi connectivity index (χ4v) is 6.98. The average Bonchev–Trinajstić information content (AvgIpc) is 3.04. The quantitative estimate of drug-likeness (QED) is 0.415. The van der Waals surface area contributed by atoms with E-state index in [-0.39, 0.29) is 17.5 Å². The highest BCUT2D eigenvalue weighted by molar-refractivity contribution is 5.89. The number of pyridine rings is 1. The number of amides is 1. The lowest BCUT2D eigenvalue weighted by Gasteiger charge is -2.47. The Labute approximate surface area is 249 Å². The zero-order valence-electron chi connectivity index (χ0n) is 24.0. The Kier molecular flexibility index (Phi) is 7.77. The molecule has 7 rings (SSSR count). The topological polar surface area (TPSA) is 81.5 Å². The number of rotatable bonds is 6. The largest absolute Gasteiger partial charge is 0.496 e. The molecule has 0 aliphatic carbocycles. The summed E-state index contributed by atoms with van der Waals surface area (Å²) in [5.41, 5.74) is 1.09. The van der Waals surface area contributed by atoms with Crippen molar-refractivity contribution in [2.45, 2.75) is 43.3 Å². The molecular weight excluding hydrogens is 555 g/mol. The number of nitrogens with one attached hydrogen (secondary N) is 1. The summed E-state index contributed by atoms with van der Waals surface area (Å²) in [4.78, 5) is 23.3. The Balaban J connectivity index is 1.29. The van der Waals surface area contributed by atoms with Crippen molar-refractivity contribution in [2.24, 2.45) is 5.92 Å². The van der Waals surface area contributed by atoms with Crippen molar-refractivity contribution in [1.29, 1.82) is 5.26 Å². The third-order valence-electron chi connectivity index (χ3n) is 9.51. The molecule has 4 saturated heterocycles. The molecule has 0 spiro atoms. The van der Waals surface area contributed by atoms with Crippen LogP contribution in [0.2, 0.25) is 0 Å². The molecule has 1 aromatic heterocycles. The van der Waals surface area contributed by atoms with Gasteiger partial charge in [-0.2, -0.15) is 18.4 Å². The van der Waals surface area contributed by atoms with Gasteiger partial charge in [0, 0.05) is 37.4 Å². The lowest BCUT2D eigenvalue weighted by Crippen LogP contribution is -2.61. The maximum atomic E-state index is 14.3. The summed E-state index contributed by atoms with van der Waals surface area (Å²) in [7, 11) is 1.61. The molecule has 0 radical (unpaired) electrons. The van der Waals surface area contributed by atoms with E-state index in [4.69, 9.17) is 9.72 Å². The first-order valence-corrected chi connectivity index (χ1v) is 14.7. The maximum Gasteiger partial charge on any atom is 0.416 e. The summed E-state index contributed by atoms with van der Waals surface area (Å²) in [5, 5.41) is 13.1. The minimum Gasteiger partial charge on any atom is -0.496 e. The monoisotopic (exact) mass is 589 g/mol. The van der Waals surface area contributed by atoms with Gasteiger partial charge in [0.25, 0.3) is 0 Å². The molecule has 2 aromatic carbocycles. The molecule has 10 heteroatoms. The van der Waals surface area contributed by atoms with Crippen molar-refractivity contribution >= 4 is 11.6 Å². The summed E-state index contributed by atoms with van der Waals surface area (Å²) in [6.07, 6.45) is 0.254. The summed E-state index contributed by atoms with van der Waals surface area (Å²) >= 11 is 0. The second kappa shape index (κ2) is 11.5. The minimum atomic E-state index is -4.53.